The maximum absolute atomic E-state index is 11.9. The number of likely N-dealkylation sites (N-methyl/N-ethyl adjacent to an activating group) is 1. The SMILES string of the molecule is CN(CCC(=O)O)C(=O)COc1ccc(Cl)c2cccnc12. The number of pyridine rings is 1. The number of benzene rings is 1. The number of nitrogens with zero attached hydrogens (tertiary/aromatic N) is 2. The van der Waals surface area contributed by atoms with Crippen molar-refractivity contribution in [3.8, 4) is 5.75 Å². The number of aliphatic carboxylic acids is 1. The molecule has 2 aromatic rings. The summed E-state index contributed by atoms with van der Waals surface area (Å²) in [5.41, 5.74) is 0.580. The Bertz CT molecular complexity index is 705. The molecule has 0 radical (unpaired) electrons. The van der Waals surface area contributed by atoms with Crippen molar-refractivity contribution in [2.24, 2.45) is 0 Å². The summed E-state index contributed by atoms with van der Waals surface area (Å²) in [6, 6.07) is 6.92. The Balaban J connectivity index is 2.04. The van der Waals surface area contributed by atoms with Gasteiger partial charge in [-0.2, -0.15) is 0 Å². The van der Waals surface area contributed by atoms with Crippen LogP contribution in [0.5, 0.6) is 5.75 Å². The van der Waals surface area contributed by atoms with Crippen LogP contribution in [-0.4, -0.2) is 47.1 Å². The first-order valence-corrected chi connectivity index (χ1v) is 6.98. The van der Waals surface area contributed by atoms with Crippen LogP contribution in [0.15, 0.2) is 30.5 Å². The lowest BCUT2D eigenvalue weighted by molar-refractivity contribution is -0.138. The minimum atomic E-state index is -0.950. The van der Waals surface area contributed by atoms with Gasteiger partial charge in [0.25, 0.3) is 5.91 Å². The molecule has 1 aromatic carbocycles. The van der Waals surface area contributed by atoms with Crippen LogP contribution >= 0.6 is 11.6 Å². The molecule has 0 atom stereocenters. The number of aromatic nitrogens is 1. The highest BCUT2D eigenvalue weighted by molar-refractivity contribution is 6.35. The van der Waals surface area contributed by atoms with Gasteiger partial charge in [0.1, 0.15) is 11.3 Å². The van der Waals surface area contributed by atoms with Gasteiger partial charge < -0.3 is 14.7 Å². The molecule has 1 amide bonds. The van der Waals surface area contributed by atoms with Crippen molar-refractivity contribution in [3.05, 3.63) is 35.5 Å². The Morgan fingerprint density at radius 3 is 2.86 bits per heavy atom. The zero-order chi connectivity index (χ0) is 16.1. The van der Waals surface area contributed by atoms with Crippen LogP contribution in [0, 0.1) is 0 Å². The van der Waals surface area contributed by atoms with Crippen LogP contribution < -0.4 is 4.74 Å². The molecule has 0 bridgehead atoms. The number of carbonyl (C=O) groups excluding carboxylic acids is 1. The number of carboxylic acids is 1. The third-order valence-corrected chi connectivity index (χ3v) is 3.45. The molecule has 0 aliphatic carbocycles. The fourth-order valence-electron chi connectivity index (χ4n) is 1.87. The second-order valence-corrected chi connectivity index (χ2v) is 5.10. The van der Waals surface area contributed by atoms with E-state index in [1.807, 2.05) is 6.07 Å². The number of carbonyl (C=O) groups is 2. The average molecular weight is 323 g/mol. The molecule has 116 valence electrons. The summed E-state index contributed by atoms with van der Waals surface area (Å²) in [6.45, 7) is -0.0550. The Morgan fingerprint density at radius 1 is 1.36 bits per heavy atom. The molecule has 0 saturated heterocycles. The number of rotatable bonds is 6. The normalized spacial score (nSPS) is 10.5. The van der Waals surface area contributed by atoms with Crippen molar-refractivity contribution >= 4 is 34.4 Å². The summed E-state index contributed by atoms with van der Waals surface area (Å²) in [6.07, 6.45) is 1.51. The number of hydrogen-bond acceptors (Lipinski definition) is 4. The van der Waals surface area contributed by atoms with E-state index in [1.54, 1.807) is 24.4 Å². The average Bonchev–Trinajstić information content (AvgIpc) is 2.52. The van der Waals surface area contributed by atoms with Crippen LogP contribution in [0.1, 0.15) is 6.42 Å². The van der Waals surface area contributed by atoms with Gasteiger partial charge in [-0.25, -0.2) is 0 Å². The first kappa shape index (κ1) is 16.0. The van der Waals surface area contributed by atoms with E-state index in [2.05, 4.69) is 4.98 Å². The molecule has 0 spiro atoms. The van der Waals surface area contributed by atoms with Gasteiger partial charge in [-0.1, -0.05) is 11.6 Å². The number of fused-ring (bicyclic) bond motifs is 1. The molecule has 1 aromatic heterocycles. The highest BCUT2D eigenvalue weighted by Crippen LogP contribution is 2.29. The molecule has 0 unspecified atom stereocenters. The Hall–Kier alpha value is -2.34. The molecular formula is C15H15ClN2O4. The zero-order valence-electron chi connectivity index (χ0n) is 12.0. The third kappa shape index (κ3) is 3.85. The van der Waals surface area contributed by atoms with Gasteiger partial charge in [0.2, 0.25) is 0 Å². The van der Waals surface area contributed by atoms with Gasteiger partial charge >= 0.3 is 5.97 Å². The Morgan fingerprint density at radius 2 is 2.14 bits per heavy atom. The van der Waals surface area contributed by atoms with Gasteiger partial charge in [-0.05, 0) is 24.3 Å². The second-order valence-electron chi connectivity index (χ2n) is 4.69. The Labute approximate surface area is 132 Å². The van der Waals surface area contributed by atoms with Gasteiger partial charge in [-0.15, -0.1) is 0 Å². The molecular weight excluding hydrogens is 308 g/mol. The summed E-state index contributed by atoms with van der Waals surface area (Å²) in [4.78, 5) is 27.9. The lowest BCUT2D eigenvalue weighted by atomic mass is 10.2. The van der Waals surface area contributed by atoms with Crippen molar-refractivity contribution in [2.45, 2.75) is 6.42 Å². The number of amides is 1. The van der Waals surface area contributed by atoms with E-state index in [0.717, 1.165) is 5.39 Å². The quantitative estimate of drug-likeness (QED) is 0.882. The van der Waals surface area contributed by atoms with Crippen LogP contribution in [0.2, 0.25) is 5.02 Å². The number of carboxylic acid groups (broad SMARTS) is 1. The first-order chi connectivity index (χ1) is 10.5. The first-order valence-electron chi connectivity index (χ1n) is 6.61. The fourth-order valence-corrected chi connectivity index (χ4v) is 2.08. The van der Waals surface area contributed by atoms with Crippen LogP contribution in [0.25, 0.3) is 10.9 Å². The molecule has 7 heteroatoms. The van der Waals surface area contributed by atoms with Crippen molar-refractivity contribution in [1.82, 2.24) is 9.88 Å². The van der Waals surface area contributed by atoms with Crippen LogP contribution in [-0.2, 0) is 9.59 Å². The second kappa shape index (κ2) is 7.09. The van der Waals surface area contributed by atoms with Crippen molar-refractivity contribution < 1.29 is 19.4 Å². The smallest absolute Gasteiger partial charge is 0.305 e. The molecule has 1 N–H and O–H groups in total. The number of hydrogen-bond donors (Lipinski definition) is 1. The van der Waals surface area contributed by atoms with Gasteiger partial charge in [0.15, 0.2) is 6.61 Å². The number of halogens is 1. The van der Waals surface area contributed by atoms with E-state index in [9.17, 15) is 9.59 Å². The van der Waals surface area contributed by atoms with Crippen molar-refractivity contribution in [1.29, 1.82) is 0 Å². The maximum atomic E-state index is 11.9. The van der Waals surface area contributed by atoms with E-state index in [4.69, 9.17) is 21.4 Å². The standard InChI is InChI=1S/C15H15ClN2O4/c1-18(8-6-14(20)21)13(19)9-22-12-5-4-11(16)10-3-2-7-17-15(10)12/h2-5,7H,6,8-9H2,1H3,(H,20,21). The highest BCUT2D eigenvalue weighted by atomic mass is 35.5. The van der Waals surface area contributed by atoms with E-state index < -0.39 is 5.97 Å². The molecule has 0 aliphatic rings. The fraction of sp³-hybridized carbons (Fsp3) is 0.267. The predicted molar refractivity (Wildman–Crippen MR) is 82.1 cm³/mol. The predicted octanol–water partition coefficient (Wildman–Crippen LogP) is 2.20. The number of ether oxygens (including phenoxy) is 1. The van der Waals surface area contributed by atoms with E-state index in [0.29, 0.717) is 16.3 Å². The molecule has 0 aliphatic heterocycles. The summed E-state index contributed by atoms with van der Waals surface area (Å²) < 4.78 is 5.50. The summed E-state index contributed by atoms with van der Waals surface area (Å²) >= 11 is 6.09. The van der Waals surface area contributed by atoms with Gasteiger partial charge in [-0.3, -0.25) is 14.6 Å². The monoisotopic (exact) mass is 322 g/mol. The van der Waals surface area contributed by atoms with E-state index >= 15 is 0 Å². The highest BCUT2D eigenvalue weighted by Gasteiger charge is 2.13. The summed E-state index contributed by atoms with van der Waals surface area (Å²) in [7, 11) is 1.53. The van der Waals surface area contributed by atoms with Crippen LogP contribution in [0.4, 0.5) is 0 Å². The van der Waals surface area contributed by atoms with E-state index in [1.165, 1.54) is 11.9 Å². The summed E-state index contributed by atoms with van der Waals surface area (Å²) in [5.74, 6) is -0.797. The third-order valence-electron chi connectivity index (χ3n) is 3.12. The molecule has 2 rings (SSSR count). The van der Waals surface area contributed by atoms with Crippen molar-refractivity contribution in [2.75, 3.05) is 20.2 Å². The lowest BCUT2D eigenvalue weighted by Gasteiger charge is -2.16. The molecule has 22 heavy (non-hydrogen) atoms. The maximum Gasteiger partial charge on any atom is 0.305 e. The lowest BCUT2D eigenvalue weighted by Crippen LogP contribution is -2.33. The molecule has 0 saturated carbocycles. The van der Waals surface area contributed by atoms with E-state index in [-0.39, 0.29) is 25.5 Å². The van der Waals surface area contributed by atoms with Gasteiger partial charge in [0, 0.05) is 25.2 Å². The Kier molecular flexibility index (Phi) is 5.16. The minimum Gasteiger partial charge on any atom is -0.481 e. The molecule has 1 heterocycles. The topological polar surface area (TPSA) is 79.7 Å². The zero-order valence-corrected chi connectivity index (χ0v) is 12.7. The minimum absolute atomic E-state index is 0.104. The van der Waals surface area contributed by atoms with Crippen LogP contribution in [0.3, 0.4) is 0 Å². The largest absolute Gasteiger partial charge is 0.481 e. The van der Waals surface area contributed by atoms with Crippen molar-refractivity contribution in [3.63, 3.8) is 0 Å². The van der Waals surface area contributed by atoms with Gasteiger partial charge in [0.05, 0.1) is 11.4 Å². The molecule has 6 nitrogen and oxygen atoms in total. The molecule has 0 fully saturated rings. The summed E-state index contributed by atoms with van der Waals surface area (Å²) in [5, 5.41) is 9.91.